The highest BCUT2D eigenvalue weighted by Crippen LogP contribution is 2.06. The van der Waals surface area contributed by atoms with Crippen molar-refractivity contribution < 1.29 is 48.0 Å². The van der Waals surface area contributed by atoms with E-state index in [1.165, 1.54) is 0 Å². The van der Waals surface area contributed by atoms with Crippen LogP contribution in [-0.4, -0.2) is 127 Å². The maximum atomic E-state index is 12.1. The molecule has 0 heterocycles. The molecule has 0 aromatic rings. The van der Waals surface area contributed by atoms with Crippen LogP contribution in [0.25, 0.3) is 0 Å². The second kappa shape index (κ2) is 27.5. The second-order valence-electron chi connectivity index (χ2n) is 9.31. The number of amides is 5. The molecule has 0 aliphatic heterocycles. The van der Waals surface area contributed by atoms with E-state index in [4.69, 9.17) is 24.7 Å². The van der Waals surface area contributed by atoms with Crippen molar-refractivity contribution in [3.63, 3.8) is 0 Å². The molecule has 0 saturated heterocycles. The summed E-state index contributed by atoms with van der Waals surface area (Å²) in [6, 6.07) is -0.697. The maximum absolute atomic E-state index is 12.1. The number of primary amides is 1. The summed E-state index contributed by atoms with van der Waals surface area (Å²) in [5, 5.41) is 23.4. The summed E-state index contributed by atoms with van der Waals surface area (Å²) in [7, 11) is 1.80. The molecule has 5 amide bonds. The van der Waals surface area contributed by atoms with Gasteiger partial charge in [0.25, 0.3) is 0 Å². The van der Waals surface area contributed by atoms with Crippen molar-refractivity contribution in [1.82, 2.24) is 26.6 Å². The molecule has 1 unspecified atom stereocenters. The Hall–Kier alpha value is -3.31. The molecule has 16 heteroatoms. The van der Waals surface area contributed by atoms with Gasteiger partial charge in [-0.15, -0.1) is 0 Å². The molecule has 43 heavy (non-hydrogen) atoms. The van der Waals surface area contributed by atoms with E-state index in [2.05, 4.69) is 33.2 Å². The number of aliphatic hydroxyl groups excluding tert-OH is 1. The number of rotatable bonds is 29. The molecule has 0 spiro atoms. The molecule has 0 fully saturated rings. The van der Waals surface area contributed by atoms with Crippen molar-refractivity contribution in [3.8, 4) is 0 Å². The lowest BCUT2D eigenvalue weighted by molar-refractivity contribution is -0.127. The highest BCUT2D eigenvalue weighted by Gasteiger charge is 2.16. The first-order valence-corrected chi connectivity index (χ1v) is 14.4. The summed E-state index contributed by atoms with van der Waals surface area (Å²) >= 11 is 0. The Balaban J connectivity index is 3.65. The summed E-state index contributed by atoms with van der Waals surface area (Å²) in [5.74, 6) is -1.69. The summed E-state index contributed by atoms with van der Waals surface area (Å²) < 4.78 is 20.7. The minimum absolute atomic E-state index is 0.0892. The van der Waals surface area contributed by atoms with Crippen molar-refractivity contribution in [2.24, 2.45) is 5.73 Å². The Morgan fingerprint density at radius 1 is 0.674 bits per heavy atom. The molecule has 248 valence electrons. The van der Waals surface area contributed by atoms with Gasteiger partial charge in [0.05, 0.1) is 45.7 Å². The van der Waals surface area contributed by atoms with Gasteiger partial charge in [-0.05, 0) is 32.9 Å². The fourth-order valence-corrected chi connectivity index (χ4v) is 3.30. The molecule has 16 nitrogen and oxygen atoms in total. The van der Waals surface area contributed by atoms with Crippen molar-refractivity contribution in [1.29, 1.82) is 0 Å². The average Bonchev–Trinajstić information content (AvgIpc) is 2.95. The van der Waals surface area contributed by atoms with E-state index in [-0.39, 0.29) is 102 Å². The van der Waals surface area contributed by atoms with Gasteiger partial charge >= 0.3 is 0 Å². The molecule has 8 N–H and O–H groups in total. The minimum atomic E-state index is -0.697. The Morgan fingerprint density at radius 2 is 1.19 bits per heavy atom. The summed E-state index contributed by atoms with van der Waals surface area (Å²) in [4.78, 5) is 58.1. The van der Waals surface area contributed by atoms with E-state index in [0.29, 0.717) is 45.4 Å². The number of carbonyl (C=O) groups is 5. The quantitative estimate of drug-likeness (QED) is 0.0358. The van der Waals surface area contributed by atoms with E-state index in [1.807, 2.05) is 0 Å². The van der Waals surface area contributed by atoms with Crippen LogP contribution in [-0.2, 0) is 42.9 Å². The highest BCUT2D eigenvalue weighted by molar-refractivity contribution is 5.78. The SMILES string of the molecule is C=C(O)C(CCC(=O)NCCCC(=O)NCCOCCOCC(=O)NCCOCCOCC(N)=O)NC(=O)CCCNC. The maximum Gasteiger partial charge on any atom is 0.246 e. The van der Waals surface area contributed by atoms with Crippen LogP contribution in [0.2, 0.25) is 0 Å². The van der Waals surface area contributed by atoms with Crippen LogP contribution in [0.3, 0.4) is 0 Å². The van der Waals surface area contributed by atoms with E-state index in [1.54, 1.807) is 7.05 Å². The predicted octanol–water partition coefficient (Wildman–Crippen LogP) is -2.00. The number of nitrogens with two attached hydrogens (primary N) is 1. The number of hydrogen-bond acceptors (Lipinski definition) is 11. The van der Waals surface area contributed by atoms with Gasteiger partial charge in [0.15, 0.2) is 0 Å². The van der Waals surface area contributed by atoms with Crippen LogP contribution < -0.4 is 32.3 Å². The predicted molar refractivity (Wildman–Crippen MR) is 157 cm³/mol. The smallest absolute Gasteiger partial charge is 0.246 e. The van der Waals surface area contributed by atoms with Crippen molar-refractivity contribution in [2.75, 3.05) is 86.1 Å². The fraction of sp³-hybridized carbons (Fsp3) is 0.741. The second-order valence-corrected chi connectivity index (χ2v) is 9.31. The summed E-state index contributed by atoms with van der Waals surface area (Å²) in [6.07, 6.45) is 1.94. The zero-order valence-corrected chi connectivity index (χ0v) is 25.2. The van der Waals surface area contributed by atoms with Crippen LogP contribution in [0.15, 0.2) is 12.3 Å². The van der Waals surface area contributed by atoms with Gasteiger partial charge in [-0.25, -0.2) is 0 Å². The zero-order chi connectivity index (χ0) is 32.1. The number of ether oxygens (including phenoxy) is 4. The number of aliphatic hydroxyl groups is 1. The normalized spacial score (nSPS) is 11.4. The molecule has 0 rings (SSSR count). The first-order valence-electron chi connectivity index (χ1n) is 14.4. The summed E-state index contributed by atoms with van der Waals surface area (Å²) in [5.41, 5.74) is 4.93. The molecule has 0 aromatic heterocycles. The Morgan fingerprint density at radius 3 is 1.79 bits per heavy atom. The van der Waals surface area contributed by atoms with Gasteiger partial charge in [0, 0.05) is 38.9 Å². The minimum Gasteiger partial charge on any atom is -0.511 e. The monoisotopic (exact) mass is 618 g/mol. The van der Waals surface area contributed by atoms with Crippen LogP contribution in [0.5, 0.6) is 0 Å². The number of carbonyl (C=O) groups excluding carboxylic acids is 5. The van der Waals surface area contributed by atoms with Gasteiger partial charge in [-0.1, -0.05) is 6.58 Å². The third-order valence-corrected chi connectivity index (χ3v) is 5.49. The van der Waals surface area contributed by atoms with Crippen LogP contribution in [0.4, 0.5) is 0 Å². The molecular formula is C27H50N6O10. The first kappa shape index (κ1) is 39.7. The molecule has 0 bridgehead atoms. The Kier molecular flexibility index (Phi) is 25.4. The molecule has 0 radical (unpaired) electrons. The zero-order valence-electron chi connectivity index (χ0n) is 25.2. The number of hydrogen-bond donors (Lipinski definition) is 7. The molecule has 0 aromatic carbocycles. The van der Waals surface area contributed by atoms with Gasteiger partial charge < -0.3 is 56.4 Å². The molecular weight excluding hydrogens is 568 g/mol. The lowest BCUT2D eigenvalue weighted by Crippen LogP contribution is -2.37. The van der Waals surface area contributed by atoms with E-state index in [0.717, 1.165) is 0 Å². The summed E-state index contributed by atoms with van der Waals surface area (Å²) in [6.45, 7) is 6.37. The first-order chi connectivity index (χ1) is 20.6. The molecule has 1 atom stereocenters. The lowest BCUT2D eigenvalue weighted by Gasteiger charge is -2.17. The van der Waals surface area contributed by atoms with Crippen LogP contribution in [0.1, 0.15) is 38.5 Å². The molecule has 0 saturated carbocycles. The lowest BCUT2D eigenvalue weighted by atomic mass is 10.1. The molecule has 0 aliphatic rings. The third-order valence-electron chi connectivity index (χ3n) is 5.49. The van der Waals surface area contributed by atoms with Gasteiger partial charge in [-0.3, -0.25) is 24.0 Å². The van der Waals surface area contributed by atoms with E-state index < -0.39 is 11.9 Å². The van der Waals surface area contributed by atoms with Gasteiger partial charge in [-0.2, -0.15) is 0 Å². The Labute approximate surface area is 253 Å². The van der Waals surface area contributed by atoms with Crippen molar-refractivity contribution >= 4 is 29.5 Å². The van der Waals surface area contributed by atoms with Gasteiger partial charge in [0.1, 0.15) is 19.0 Å². The van der Waals surface area contributed by atoms with Crippen molar-refractivity contribution in [2.45, 2.75) is 44.6 Å². The standard InChI is InChI=1S/C27H50N6O10/c1-21(34)22(33-26(38)6-3-9-29-2)7-8-25(37)30-10-4-5-24(36)31-11-13-40-16-18-43-20-27(39)32-12-14-41-15-17-42-19-23(28)35/h22,29,34H,1,3-20H2,2H3,(H2,28,35)(H,30,37)(H,31,36)(H,32,39)(H,33,38). The highest BCUT2D eigenvalue weighted by atomic mass is 16.5. The topological polar surface area (TPSA) is 229 Å². The van der Waals surface area contributed by atoms with Crippen LogP contribution >= 0.6 is 0 Å². The number of nitrogens with one attached hydrogen (secondary N) is 5. The third kappa shape index (κ3) is 27.3. The Bertz CT molecular complexity index is 830. The van der Waals surface area contributed by atoms with E-state index >= 15 is 0 Å². The van der Waals surface area contributed by atoms with Gasteiger partial charge in [0.2, 0.25) is 29.5 Å². The fourth-order valence-electron chi connectivity index (χ4n) is 3.30. The largest absolute Gasteiger partial charge is 0.511 e. The average molecular weight is 619 g/mol. The molecule has 0 aliphatic carbocycles. The van der Waals surface area contributed by atoms with Crippen LogP contribution in [0, 0.1) is 0 Å². The van der Waals surface area contributed by atoms with E-state index in [9.17, 15) is 29.1 Å². The van der Waals surface area contributed by atoms with Crippen molar-refractivity contribution in [3.05, 3.63) is 12.3 Å².